The van der Waals surface area contributed by atoms with Crippen LogP contribution in [0.25, 0.3) is 0 Å². The zero-order valence-electron chi connectivity index (χ0n) is 11.2. The maximum Gasteiger partial charge on any atom is 0.303 e. The first-order chi connectivity index (χ1) is 8.51. The lowest BCUT2D eigenvalue weighted by molar-refractivity contribution is -0.141. The van der Waals surface area contributed by atoms with Crippen LogP contribution in [0.2, 0.25) is 0 Å². The van der Waals surface area contributed by atoms with Gasteiger partial charge in [-0.25, -0.2) is 0 Å². The highest BCUT2D eigenvalue weighted by atomic mass is 16.4. The smallest absolute Gasteiger partial charge is 0.303 e. The molecule has 0 atom stereocenters. The first-order valence-corrected chi connectivity index (χ1v) is 6.96. The Bertz CT molecular complexity index is 330. The molecule has 0 aromatic carbocycles. The van der Waals surface area contributed by atoms with Gasteiger partial charge in [0.15, 0.2) is 0 Å². The summed E-state index contributed by atoms with van der Waals surface area (Å²) in [6.45, 7) is 0.849. The Balaban J connectivity index is 1.90. The Morgan fingerprint density at radius 3 is 2.33 bits per heavy atom. The van der Waals surface area contributed by atoms with Crippen molar-refractivity contribution in [3.8, 4) is 0 Å². The summed E-state index contributed by atoms with van der Waals surface area (Å²) >= 11 is 0. The van der Waals surface area contributed by atoms with Gasteiger partial charge in [0.25, 0.3) is 0 Å². The molecule has 0 aromatic heterocycles. The number of aliphatic carboxylic acids is 1. The normalized spacial score (nSPS) is 21.8. The van der Waals surface area contributed by atoms with Crippen LogP contribution in [0.15, 0.2) is 0 Å². The van der Waals surface area contributed by atoms with Crippen LogP contribution >= 0.6 is 0 Å². The van der Waals surface area contributed by atoms with Gasteiger partial charge in [-0.2, -0.15) is 0 Å². The van der Waals surface area contributed by atoms with Crippen LogP contribution in [-0.4, -0.2) is 35.5 Å². The molecule has 0 saturated heterocycles. The SMILES string of the molecule is CN(CC1CC1)C(=O)CC1(CC(=O)O)CCCC1. The molecule has 0 bridgehead atoms. The lowest BCUT2D eigenvalue weighted by atomic mass is 9.79. The molecule has 2 rings (SSSR count). The Kier molecular flexibility index (Phi) is 3.93. The maximum absolute atomic E-state index is 12.2. The van der Waals surface area contributed by atoms with Gasteiger partial charge in [-0.05, 0) is 37.0 Å². The van der Waals surface area contributed by atoms with Crippen LogP contribution in [-0.2, 0) is 9.59 Å². The van der Waals surface area contributed by atoms with Gasteiger partial charge in [-0.3, -0.25) is 9.59 Å². The van der Waals surface area contributed by atoms with Gasteiger partial charge < -0.3 is 10.0 Å². The minimum atomic E-state index is -0.769. The summed E-state index contributed by atoms with van der Waals surface area (Å²) in [7, 11) is 1.85. The molecule has 0 spiro atoms. The van der Waals surface area contributed by atoms with Gasteiger partial charge in [0, 0.05) is 20.0 Å². The van der Waals surface area contributed by atoms with E-state index < -0.39 is 5.97 Å². The first kappa shape index (κ1) is 13.4. The molecule has 2 aliphatic carbocycles. The Hall–Kier alpha value is -1.06. The fourth-order valence-electron chi connectivity index (χ4n) is 3.11. The number of amides is 1. The van der Waals surface area contributed by atoms with E-state index in [1.807, 2.05) is 7.05 Å². The third-order valence-electron chi connectivity index (χ3n) is 4.37. The molecule has 1 N–H and O–H groups in total. The molecule has 18 heavy (non-hydrogen) atoms. The van der Waals surface area contributed by atoms with E-state index in [9.17, 15) is 9.59 Å². The minimum Gasteiger partial charge on any atom is -0.481 e. The van der Waals surface area contributed by atoms with Crippen molar-refractivity contribution in [3.05, 3.63) is 0 Å². The van der Waals surface area contributed by atoms with Gasteiger partial charge in [-0.1, -0.05) is 12.8 Å². The number of carboxylic acid groups (broad SMARTS) is 1. The molecular formula is C14H23NO3. The summed E-state index contributed by atoms with van der Waals surface area (Å²) < 4.78 is 0. The van der Waals surface area contributed by atoms with Gasteiger partial charge in [0.1, 0.15) is 0 Å². The Morgan fingerprint density at radius 2 is 1.83 bits per heavy atom. The van der Waals surface area contributed by atoms with Crippen LogP contribution in [0.4, 0.5) is 0 Å². The summed E-state index contributed by atoms with van der Waals surface area (Å²) in [4.78, 5) is 25.0. The fourth-order valence-corrected chi connectivity index (χ4v) is 3.11. The van der Waals surface area contributed by atoms with Crippen LogP contribution in [0.1, 0.15) is 51.4 Å². The third-order valence-corrected chi connectivity index (χ3v) is 4.37. The molecule has 0 radical (unpaired) electrons. The fraction of sp³-hybridized carbons (Fsp3) is 0.857. The quantitative estimate of drug-likeness (QED) is 0.790. The second-order valence-electron chi connectivity index (χ2n) is 6.17. The molecule has 4 heteroatoms. The molecule has 2 fully saturated rings. The minimum absolute atomic E-state index is 0.130. The van der Waals surface area contributed by atoms with Crippen molar-refractivity contribution in [1.29, 1.82) is 0 Å². The highest BCUT2D eigenvalue weighted by Crippen LogP contribution is 2.44. The zero-order chi connectivity index (χ0) is 13.2. The van der Waals surface area contributed by atoms with Gasteiger partial charge in [-0.15, -0.1) is 0 Å². The molecule has 0 unspecified atom stereocenters. The molecule has 2 saturated carbocycles. The van der Waals surface area contributed by atoms with Gasteiger partial charge >= 0.3 is 5.97 Å². The second-order valence-corrected chi connectivity index (χ2v) is 6.17. The van der Waals surface area contributed by atoms with Crippen molar-refractivity contribution in [1.82, 2.24) is 4.90 Å². The predicted octanol–water partition coefficient (Wildman–Crippen LogP) is 2.28. The van der Waals surface area contributed by atoms with Crippen molar-refractivity contribution in [2.24, 2.45) is 11.3 Å². The average Bonchev–Trinajstić information content (AvgIpc) is 2.98. The zero-order valence-corrected chi connectivity index (χ0v) is 11.2. The average molecular weight is 253 g/mol. The summed E-state index contributed by atoms with van der Waals surface area (Å²) in [5.41, 5.74) is -0.263. The molecule has 0 aromatic rings. The van der Waals surface area contributed by atoms with Crippen molar-refractivity contribution < 1.29 is 14.7 Å². The molecule has 0 aliphatic heterocycles. The lowest BCUT2D eigenvalue weighted by Gasteiger charge is -2.29. The summed E-state index contributed by atoms with van der Waals surface area (Å²) in [5, 5.41) is 9.02. The monoisotopic (exact) mass is 253 g/mol. The molecule has 2 aliphatic rings. The van der Waals surface area contributed by atoms with Gasteiger partial charge in [0.2, 0.25) is 5.91 Å². The number of rotatable bonds is 6. The van der Waals surface area contributed by atoms with Gasteiger partial charge in [0.05, 0.1) is 6.42 Å². The van der Waals surface area contributed by atoms with E-state index in [4.69, 9.17) is 5.11 Å². The Morgan fingerprint density at radius 1 is 1.22 bits per heavy atom. The second kappa shape index (κ2) is 5.29. The largest absolute Gasteiger partial charge is 0.481 e. The van der Waals surface area contributed by atoms with E-state index in [2.05, 4.69) is 0 Å². The van der Waals surface area contributed by atoms with Crippen LogP contribution in [0, 0.1) is 11.3 Å². The number of hydrogen-bond donors (Lipinski definition) is 1. The molecule has 1 amide bonds. The summed E-state index contributed by atoms with van der Waals surface area (Å²) in [6, 6.07) is 0. The Labute approximate surface area is 108 Å². The number of carboxylic acids is 1. The first-order valence-electron chi connectivity index (χ1n) is 6.96. The molecule has 4 nitrogen and oxygen atoms in total. The van der Waals surface area contributed by atoms with E-state index >= 15 is 0 Å². The molecule has 0 heterocycles. The molecular weight excluding hydrogens is 230 g/mol. The van der Waals surface area contributed by atoms with E-state index in [0.717, 1.165) is 32.2 Å². The number of nitrogens with zero attached hydrogens (tertiary/aromatic N) is 1. The van der Waals surface area contributed by atoms with Crippen LogP contribution in [0.3, 0.4) is 0 Å². The van der Waals surface area contributed by atoms with Crippen molar-refractivity contribution >= 4 is 11.9 Å². The number of carbonyl (C=O) groups excluding carboxylic acids is 1. The van der Waals surface area contributed by atoms with Crippen LogP contribution in [0.5, 0.6) is 0 Å². The summed E-state index contributed by atoms with van der Waals surface area (Å²) in [5.74, 6) is 0.0533. The van der Waals surface area contributed by atoms with E-state index in [1.165, 1.54) is 12.8 Å². The van der Waals surface area contributed by atoms with E-state index in [1.54, 1.807) is 4.90 Å². The number of hydrogen-bond acceptors (Lipinski definition) is 2. The van der Waals surface area contributed by atoms with Crippen molar-refractivity contribution in [3.63, 3.8) is 0 Å². The third kappa shape index (κ3) is 3.47. The maximum atomic E-state index is 12.2. The number of carbonyl (C=O) groups is 2. The lowest BCUT2D eigenvalue weighted by Crippen LogP contribution is -2.34. The van der Waals surface area contributed by atoms with Crippen molar-refractivity contribution in [2.75, 3.05) is 13.6 Å². The van der Waals surface area contributed by atoms with E-state index in [0.29, 0.717) is 12.3 Å². The highest BCUT2D eigenvalue weighted by Gasteiger charge is 2.39. The summed E-state index contributed by atoms with van der Waals surface area (Å²) in [6.07, 6.45) is 6.94. The highest BCUT2D eigenvalue weighted by molar-refractivity contribution is 5.78. The molecule has 102 valence electrons. The topological polar surface area (TPSA) is 57.6 Å². The van der Waals surface area contributed by atoms with Crippen LogP contribution < -0.4 is 0 Å². The van der Waals surface area contributed by atoms with E-state index in [-0.39, 0.29) is 17.7 Å². The predicted molar refractivity (Wildman–Crippen MR) is 68.1 cm³/mol. The van der Waals surface area contributed by atoms with Crippen molar-refractivity contribution in [2.45, 2.75) is 51.4 Å². The standard InChI is InChI=1S/C14H23NO3/c1-15(10-11-4-5-11)12(16)8-14(9-13(17)18)6-2-3-7-14/h11H,2-10H2,1H3,(H,17,18).